The zero-order chi connectivity index (χ0) is 18.1. The van der Waals surface area contributed by atoms with Crippen LogP contribution in [0.1, 0.15) is 37.9 Å². The summed E-state index contributed by atoms with van der Waals surface area (Å²) in [6.45, 7) is 5.08. The number of aromatic nitrogens is 1. The molecule has 0 aliphatic carbocycles. The Morgan fingerprint density at radius 1 is 1.38 bits per heavy atom. The van der Waals surface area contributed by atoms with Crippen LogP contribution in [0.15, 0.2) is 30.5 Å². The van der Waals surface area contributed by atoms with Crippen LogP contribution in [0.5, 0.6) is 5.75 Å². The molecule has 1 unspecified atom stereocenters. The average molecular weight is 354 g/mol. The molecule has 5 heteroatoms. The molecule has 0 N–H and O–H groups in total. The summed E-state index contributed by atoms with van der Waals surface area (Å²) < 4.78 is 11.1. The Bertz CT molecular complexity index is 794. The summed E-state index contributed by atoms with van der Waals surface area (Å²) in [6, 6.07) is 8.07. The molecule has 138 valence electrons. The first-order chi connectivity index (χ1) is 12.7. The van der Waals surface area contributed by atoms with Gasteiger partial charge in [-0.05, 0) is 55.5 Å². The summed E-state index contributed by atoms with van der Waals surface area (Å²) in [5, 5.41) is 0.994. The highest BCUT2D eigenvalue weighted by molar-refractivity contribution is 5.84. The quantitative estimate of drug-likeness (QED) is 0.742. The molecule has 0 spiro atoms. The zero-order valence-electron chi connectivity index (χ0n) is 15.4. The van der Waals surface area contributed by atoms with Crippen LogP contribution in [0.25, 0.3) is 10.9 Å². The number of carbonyl (C=O) groups is 1. The largest absolute Gasteiger partial charge is 0.497 e. The lowest BCUT2D eigenvalue weighted by Gasteiger charge is -2.51. The Labute approximate surface area is 154 Å². The van der Waals surface area contributed by atoms with E-state index < -0.39 is 0 Å². The second-order valence-corrected chi connectivity index (χ2v) is 7.45. The fourth-order valence-corrected chi connectivity index (χ4v) is 4.91. The molecular weight excluding hydrogens is 328 g/mol. The van der Waals surface area contributed by atoms with Crippen molar-refractivity contribution in [1.29, 1.82) is 0 Å². The van der Waals surface area contributed by atoms with Gasteiger partial charge in [0.05, 0.1) is 18.7 Å². The fourth-order valence-electron chi connectivity index (χ4n) is 4.91. The van der Waals surface area contributed by atoms with Gasteiger partial charge in [0.2, 0.25) is 0 Å². The molecule has 3 aliphatic heterocycles. The highest BCUT2D eigenvalue weighted by Gasteiger charge is 2.43. The maximum Gasteiger partial charge on any atom is 0.293 e. The normalized spacial score (nSPS) is 28.7. The lowest BCUT2D eigenvalue weighted by atomic mass is 9.72. The van der Waals surface area contributed by atoms with Crippen molar-refractivity contribution in [2.75, 3.05) is 20.2 Å². The minimum Gasteiger partial charge on any atom is -0.497 e. The van der Waals surface area contributed by atoms with E-state index >= 15 is 0 Å². The molecule has 0 saturated carbocycles. The van der Waals surface area contributed by atoms with Gasteiger partial charge < -0.3 is 9.47 Å². The maximum atomic E-state index is 11.3. The smallest absolute Gasteiger partial charge is 0.293 e. The third kappa shape index (κ3) is 2.94. The van der Waals surface area contributed by atoms with Crippen LogP contribution in [0.2, 0.25) is 0 Å². The van der Waals surface area contributed by atoms with Gasteiger partial charge in [-0.2, -0.15) is 0 Å². The number of piperidine rings is 3. The molecule has 0 amide bonds. The number of hydrogen-bond donors (Lipinski definition) is 0. The van der Waals surface area contributed by atoms with E-state index in [9.17, 15) is 4.79 Å². The Hall–Kier alpha value is -2.14. The Balaban J connectivity index is 1.74. The van der Waals surface area contributed by atoms with Crippen molar-refractivity contribution in [3.05, 3.63) is 36.0 Å². The maximum absolute atomic E-state index is 11.3. The van der Waals surface area contributed by atoms with Gasteiger partial charge in [0.25, 0.3) is 6.47 Å². The average Bonchev–Trinajstić information content (AvgIpc) is 2.71. The number of pyridine rings is 1. The monoisotopic (exact) mass is 354 g/mol. The number of nitrogens with zero attached hydrogens (tertiary/aromatic N) is 2. The third-order valence-electron chi connectivity index (χ3n) is 6.30. The Morgan fingerprint density at radius 3 is 2.96 bits per heavy atom. The van der Waals surface area contributed by atoms with E-state index in [4.69, 9.17) is 9.47 Å². The van der Waals surface area contributed by atoms with Crippen LogP contribution in [-0.4, -0.2) is 42.6 Å². The van der Waals surface area contributed by atoms with E-state index in [-0.39, 0.29) is 12.1 Å². The molecular formula is C21H26N2O3. The van der Waals surface area contributed by atoms with Crippen molar-refractivity contribution in [1.82, 2.24) is 9.88 Å². The number of benzene rings is 1. The molecule has 2 aromatic rings. The lowest BCUT2D eigenvalue weighted by molar-refractivity contribution is -0.142. The highest BCUT2D eigenvalue weighted by Crippen LogP contribution is 2.43. The molecule has 5 rings (SSSR count). The molecule has 26 heavy (non-hydrogen) atoms. The summed E-state index contributed by atoms with van der Waals surface area (Å²) in [6.07, 6.45) is 5.10. The first-order valence-corrected chi connectivity index (χ1v) is 9.51. The number of ether oxygens (including phenoxy) is 2. The van der Waals surface area contributed by atoms with Crippen molar-refractivity contribution in [2.45, 2.75) is 38.3 Å². The van der Waals surface area contributed by atoms with Gasteiger partial charge in [0.1, 0.15) is 11.9 Å². The molecule has 1 aromatic heterocycles. The Morgan fingerprint density at radius 2 is 2.27 bits per heavy atom. The first-order valence-electron chi connectivity index (χ1n) is 9.51. The molecule has 4 heterocycles. The second kappa shape index (κ2) is 7.23. The minimum absolute atomic E-state index is 0.235. The number of fused-ring (bicyclic) bond motifs is 4. The van der Waals surface area contributed by atoms with Crippen LogP contribution in [-0.2, 0) is 9.53 Å². The fraction of sp³-hybridized carbons (Fsp3) is 0.524. The molecule has 3 fully saturated rings. The van der Waals surface area contributed by atoms with Crippen LogP contribution >= 0.6 is 0 Å². The summed E-state index contributed by atoms with van der Waals surface area (Å²) in [5.41, 5.74) is 1.91. The molecule has 5 atom stereocenters. The standard InChI is InChI=1S/C21H26N2O3/c1-3-14-12-23-9-7-15(14)10-20(23)21(26-13-24)17-6-8-22-19-5-4-16(25-2)11-18(17)19/h4-6,8,11,13-15,20-21H,3,7,9-10,12H2,1-2H3/t14-,15-,20-,21+/m0/s1. The van der Waals surface area contributed by atoms with E-state index in [1.807, 2.05) is 24.3 Å². The predicted octanol–water partition coefficient (Wildman–Crippen LogP) is 3.58. The molecule has 2 bridgehead atoms. The van der Waals surface area contributed by atoms with Crippen molar-refractivity contribution in [3.63, 3.8) is 0 Å². The van der Waals surface area contributed by atoms with E-state index in [2.05, 4.69) is 16.8 Å². The van der Waals surface area contributed by atoms with Gasteiger partial charge in [0.15, 0.2) is 0 Å². The minimum atomic E-state index is -0.272. The summed E-state index contributed by atoms with van der Waals surface area (Å²) in [7, 11) is 1.66. The van der Waals surface area contributed by atoms with Crippen LogP contribution in [0.3, 0.4) is 0 Å². The topological polar surface area (TPSA) is 51.7 Å². The highest BCUT2D eigenvalue weighted by atomic mass is 16.5. The summed E-state index contributed by atoms with van der Waals surface area (Å²) in [5.74, 6) is 2.29. The van der Waals surface area contributed by atoms with E-state index in [1.54, 1.807) is 13.3 Å². The van der Waals surface area contributed by atoms with Gasteiger partial charge >= 0.3 is 0 Å². The van der Waals surface area contributed by atoms with Gasteiger partial charge in [0, 0.05) is 23.7 Å². The molecule has 3 saturated heterocycles. The number of methoxy groups -OCH3 is 1. The zero-order valence-corrected chi connectivity index (χ0v) is 15.4. The molecule has 5 nitrogen and oxygen atoms in total. The van der Waals surface area contributed by atoms with Gasteiger partial charge in [-0.15, -0.1) is 0 Å². The van der Waals surface area contributed by atoms with Gasteiger partial charge in [-0.3, -0.25) is 14.7 Å². The molecule has 0 radical (unpaired) electrons. The van der Waals surface area contributed by atoms with Gasteiger partial charge in [-0.1, -0.05) is 13.3 Å². The van der Waals surface area contributed by atoms with Crippen LogP contribution in [0.4, 0.5) is 0 Å². The molecule has 1 aromatic carbocycles. The first kappa shape index (κ1) is 17.3. The Kier molecular flexibility index (Phi) is 4.81. The number of hydrogen-bond acceptors (Lipinski definition) is 5. The second-order valence-electron chi connectivity index (χ2n) is 7.45. The van der Waals surface area contributed by atoms with Crippen molar-refractivity contribution < 1.29 is 14.3 Å². The van der Waals surface area contributed by atoms with Crippen molar-refractivity contribution in [3.8, 4) is 5.75 Å². The predicted molar refractivity (Wildman–Crippen MR) is 100 cm³/mol. The number of carbonyl (C=O) groups excluding carboxylic acids is 1. The van der Waals surface area contributed by atoms with Crippen molar-refractivity contribution >= 4 is 17.4 Å². The lowest BCUT2D eigenvalue weighted by Crippen LogP contribution is -2.55. The van der Waals surface area contributed by atoms with Crippen molar-refractivity contribution in [2.24, 2.45) is 11.8 Å². The van der Waals surface area contributed by atoms with E-state index in [1.165, 1.54) is 12.8 Å². The summed E-state index contributed by atoms with van der Waals surface area (Å²) in [4.78, 5) is 18.3. The van der Waals surface area contributed by atoms with Gasteiger partial charge in [-0.25, -0.2) is 0 Å². The van der Waals surface area contributed by atoms with E-state index in [0.717, 1.165) is 53.6 Å². The van der Waals surface area contributed by atoms with Crippen LogP contribution < -0.4 is 4.74 Å². The van der Waals surface area contributed by atoms with Crippen LogP contribution in [0, 0.1) is 11.8 Å². The summed E-state index contributed by atoms with van der Waals surface area (Å²) >= 11 is 0. The number of rotatable bonds is 6. The SMILES string of the molecule is CC[C@H]1CN2CC[C@H]1C[C@H]2[C@H](OC=O)c1ccnc2ccc(OC)cc12. The molecule has 3 aliphatic rings. The third-order valence-corrected chi connectivity index (χ3v) is 6.30. The van der Waals surface area contributed by atoms with E-state index in [0.29, 0.717) is 6.47 Å².